The largest absolute Gasteiger partial charge is 0.352 e. The summed E-state index contributed by atoms with van der Waals surface area (Å²) in [6.07, 6.45) is 4.96. The standard InChI is InChI=1S/C18H24N4O/c1-5-13(4)21-18-19-10-15(11-20-18)17(23)22-16-12(3)8-7-9-14(16)6-2/h7-11,13H,5-6H2,1-4H3,(H,22,23)(H,19,20,21). The van der Waals surface area contributed by atoms with Gasteiger partial charge < -0.3 is 10.6 Å². The molecule has 2 aromatic rings. The zero-order valence-electron chi connectivity index (χ0n) is 14.2. The second-order valence-corrected chi connectivity index (χ2v) is 5.67. The second kappa shape index (κ2) is 7.72. The van der Waals surface area contributed by atoms with Crippen molar-refractivity contribution in [2.75, 3.05) is 10.6 Å². The minimum Gasteiger partial charge on any atom is -0.352 e. The number of carbonyl (C=O) groups excluding carboxylic acids is 1. The Balaban J connectivity index is 2.12. The van der Waals surface area contributed by atoms with Crippen LogP contribution in [0.25, 0.3) is 0 Å². The first-order valence-corrected chi connectivity index (χ1v) is 8.03. The maximum Gasteiger partial charge on any atom is 0.258 e. The maximum absolute atomic E-state index is 12.4. The fraction of sp³-hybridized carbons (Fsp3) is 0.389. The molecule has 5 heteroatoms. The van der Waals surface area contributed by atoms with E-state index >= 15 is 0 Å². The third-order valence-electron chi connectivity index (χ3n) is 3.88. The Hall–Kier alpha value is -2.43. The number of carbonyl (C=O) groups is 1. The Kier molecular flexibility index (Phi) is 5.68. The number of aromatic nitrogens is 2. The summed E-state index contributed by atoms with van der Waals surface area (Å²) in [6, 6.07) is 6.32. The Morgan fingerprint density at radius 3 is 2.52 bits per heavy atom. The number of anilines is 2. The molecule has 0 saturated heterocycles. The lowest BCUT2D eigenvalue weighted by atomic mass is 10.1. The summed E-state index contributed by atoms with van der Waals surface area (Å²) in [5.41, 5.74) is 3.50. The number of amides is 1. The molecular formula is C18H24N4O. The van der Waals surface area contributed by atoms with Gasteiger partial charge in [0.1, 0.15) is 0 Å². The van der Waals surface area contributed by atoms with E-state index in [1.807, 2.05) is 25.1 Å². The quantitative estimate of drug-likeness (QED) is 0.851. The van der Waals surface area contributed by atoms with Crippen molar-refractivity contribution in [1.29, 1.82) is 0 Å². The van der Waals surface area contributed by atoms with Crippen LogP contribution in [0.4, 0.5) is 11.6 Å². The SMILES string of the molecule is CCc1cccc(C)c1NC(=O)c1cnc(NC(C)CC)nc1. The van der Waals surface area contributed by atoms with Gasteiger partial charge in [-0.05, 0) is 37.8 Å². The lowest BCUT2D eigenvalue weighted by Crippen LogP contribution is -2.18. The number of rotatable bonds is 6. The monoisotopic (exact) mass is 312 g/mol. The van der Waals surface area contributed by atoms with Crippen LogP contribution in [-0.4, -0.2) is 21.9 Å². The van der Waals surface area contributed by atoms with Crippen molar-refractivity contribution >= 4 is 17.5 Å². The summed E-state index contributed by atoms with van der Waals surface area (Å²) in [5, 5.41) is 6.16. The van der Waals surface area contributed by atoms with Crippen molar-refractivity contribution in [2.24, 2.45) is 0 Å². The lowest BCUT2D eigenvalue weighted by molar-refractivity contribution is 0.102. The number of hydrogen-bond acceptors (Lipinski definition) is 4. The van der Waals surface area contributed by atoms with Crippen molar-refractivity contribution in [3.8, 4) is 0 Å². The van der Waals surface area contributed by atoms with E-state index < -0.39 is 0 Å². The number of nitrogens with one attached hydrogen (secondary N) is 2. The third kappa shape index (κ3) is 4.28. The molecule has 0 aliphatic carbocycles. The first-order valence-electron chi connectivity index (χ1n) is 8.03. The Morgan fingerprint density at radius 2 is 1.91 bits per heavy atom. The topological polar surface area (TPSA) is 66.9 Å². The predicted octanol–water partition coefficient (Wildman–Crippen LogP) is 3.81. The van der Waals surface area contributed by atoms with Crippen LogP contribution < -0.4 is 10.6 Å². The summed E-state index contributed by atoms with van der Waals surface area (Å²) < 4.78 is 0. The fourth-order valence-corrected chi connectivity index (χ4v) is 2.23. The molecule has 2 rings (SSSR count). The van der Waals surface area contributed by atoms with Crippen molar-refractivity contribution in [3.63, 3.8) is 0 Å². The normalized spacial score (nSPS) is 11.8. The zero-order chi connectivity index (χ0) is 16.8. The highest BCUT2D eigenvalue weighted by molar-refractivity contribution is 6.04. The Labute approximate surface area is 137 Å². The van der Waals surface area contributed by atoms with E-state index in [1.54, 1.807) is 12.4 Å². The summed E-state index contributed by atoms with van der Waals surface area (Å²) >= 11 is 0. The number of aryl methyl sites for hydroxylation is 2. The molecule has 0 saturated carbocycles. The number of benzene rings is 1. The molecule has 0 spiro atoms. The molecule has 0 bridgehead atoms. The molecule has 0 aliphatic rings. The smallest absolute Gasteiger partial charge is 0.258 e. The highest BCUT2D eigenvalue weighted by Gasteiger charge is 2.12. The molecule has 1 unspecified atom stereocenters. The number of nitrogens with zero attached hydrogens (tertiary/aromatic N) is 2. The minimum absolute atomic E-state index is 0.191. The van der Waals surface area contributed by atoms with Gasteiger partial charge in [0, 0.05) is 24.1 Å². The van der Waals surface area contributed by atoms with Gasteiger partial charge in [-0.2, -0.15) is 0 Å². The molecular weight excluding hydrogens is 288 g/mol. The molecule has 0 fully saturated rings. The van der Waals surface area contributed by atoms with Crippen LogP contribution in [0.1, 0.15) is 48.7 Å². The summed E-state index contributed by atoms with van der Waals surface area (Å²) in [7, 11) is 0. The van der Waals surface area contributed by atoms with Gasteiger partial charge in [0.25, 0.3) is 5.91 Å². The first kappa shape index (κ1) is 16.9. The Morgan fingerprint density at radius 1 is 1.22 bits per heavy atom. The van der Waals surface area contributed by atoms with E-state index in [0.717, 1.165) is 29.7 Å². The van der Waals surface area contributed by atoms with Crippen molar-refractivity contribution in [1.82, 2.24) is 9.97 Å². The van der Waals surface area contributed by atoms with Crippen LogP contribution in [0.2, 0.25) is 0 Å². The van der Waals surface area contributed by atoms with Crippen LogP contribution in [-0.2, 0) is 6.42 Å². The van der Waals surface area contributed by atoms with Gasteiger partial charge in [-0.15, -0.1) is 0 Å². The van der Waals surface area contributed by atoms with E-state index in [0.29, 0.717) is 17.6 Å². The molecule has 23 heavy (non-hydrogen) atoms. The lowest BCUT2D eigenvalue weighted by Gasteiger charge is -2.13. The molecule has 1 aromatic carbocycles. The molecule has 0 aliphatic heterocycles. The molecule has 1 amide bonds. The average molecular weight is 312 g/mol. The van der Waals surface area contributed by atoms with Crippen LogP contribution in [0.15, 0.2) is 30.6 Å². The molecule has 1 aromatic heterocycles. The molecule has 0 radical (unpaired) electrons. The van der Waals surface area contributed by atoms with E-state index in [4.69, 9.17) is 0 Å². The van der Waals surface area contributed by atoms with Crippen molar-refractivity contribution in [3.05, 3.63) is 47.3 Å². The van der Waals surface area contributed by atoms with Gasteiger partial charge in [-0.1, -0.05) is 32.0 Å². The van der Waals surface area contributed by atoms with Crippen LogP contribution in [0.3, 0.4) is 0 Å². The van der Waals surface area contributed by atoms with Crippen LogP contribution >= 0.6 is 0 Å². The highest BCUT2D eigenvalue weighted by atomic mass is 16.1. The third-order valence-corrected chi connectivity index (χ3v) is 3.88. The average Bonchev–Trinajstić information content (AvgIpc) is 2.57. The Bertz CT molecular complexity index is 667. The van der Waals surface area contributed by atoms with E-state index in [9.17, 15) is 4.79 Å². The molecule has 5 nitrogen and oxygen atoms in total. The maximum atomic E-state index is 12.4. The molecule has 122 valence electrons. The molecule has 1 atom stereocenters. The highest BCUT2D eigenvalue weighted by Crippen LogP contribution is 2.21. The summed E-state index contributed by atoms with van der Waals surface area (Å²) in [4.78, 5) is 20.8. The van der Waals surface area contributed by atoms with Gasteiger partial charge in [-0.25, -0.2) is 9.97 Å². The summed E-state index contributed by atoms with van der Waals surface area (Å²) in [6.45, 7) is 8.22. The second-order valence-electron chi connectivity index (χ2n) is 5.67. The number of para-hydroxylation sites is 1. The summed E-state index contributed by atoms with van der Waals surface area (Å²) in [5.74, 6) is 0.352. The van der Waals surface area contributed by atoms with E-state index in [2.05, 4.69) is 41.4 Å². The molecule has 1 heterocycles. The van der Waals surface area contributed by atoms with Gasteiger partial charge in [0.15, 0.2) is 0 Å². The van der Waals surface area contributed by atoms with Gasteiger partial charge in [0.2, 0.25) is 5.95 Å². The van der Waals surface area contributed by atoms with Gasteiger partial charge in [0.05, 0.1) is 5.56 Å². The predicted molar refractivity (Wildman–Crippen MR) is 93.9 cm³/mol. The minimum atomic E-state index is -0.191. The van der Waals surface area contributed by atoms with Crippen LogP contribution in [0.5, 0.6) is 0 Å². The first-order chi connectivity index (χ1) is 11.0. The van der Waals surface area contributed by atoms with E-state index in [-0.39, 0.29) is 5.91 Å². The molecule has 2 N–H and O–H groups in total. The number of hydrogen-bond donors (Lipinski definition) is 2. The van der Waals surface area contributed by atoms with Crippen molar-refractivity contribution < 1.29 is 4.79 Å². The van der Waals surface area contributed by atoms with Crippen LogP contribution in [0, 0.1) is 6.92 Å². The van der Waals surface area contributed by atoms with E-state index in [1.165, 1.54) is 0 Å². The van der Waals surface area contributed by atoms with Gasteiger partial charge in [-0.3, -0.25) is 4.79 Å². The van der Waals surface area contributed by atoms with Gasteiger partial charge >= 0.3 is 0 Å². The fourth-order valence-electron chi connectivity index (χ4n) is 2.23. The van der Waals surface area contributed by atoms with Crippen molar-refractivity contribution in [2.45, 2.75) is 46.6 Å². The zero-order valence-corrected chi connectivity index (χ0v) is 14.2.